The fourth-order valence-electron chi connectivity index (χ4n) is 4.09. The number of pyridine rings is 1. The van der Waals surface area contributed by atoms with Crippen LogP contribution in [0.3, 0.4) is 0 Å². The third-order valence-corrected chi connectivity index (χ3v) is 11.3. The van der Waals surface area contributed by atoms with E-state index in [9.17, 15) is 13.2 Å². The molecule has 3 rings (SSSR count). The molecule has 0 N–H and O–H groups in total. The van der Waals surface area contributed by atoms with Gasteiger partial charge in [0.15, 0.2) is 0 Å². The molecule has 1 aliphatic rings. The molecule has 152 valence electrons. The molecular weight excluding hydrogens is 403 g/mol. The number of nitrogens with zero attached hydrogens (tertiary/aromatic N) is 1. The number of benzene rings is 1. The van der Waals surface area contributed by atoms with E-state index in [1.165, 1.54) is 0 Å². The second-order valence-corrected chi connectivity index (χ2v) is 13.2. The van der Waals surface area contributed by atoms with Crippen molar-refractivity contribution < 1.29 is 17.6 Å². The predicted octanol–water partition coefficient (Wildman–Crippen LogP) is 5.82. The molecule has 0 saturated carbocycles. The first-order valence-corrected chi connectivity index (χ1v) is 12.0. The average Bonchev–Trinajstić information content (AvgIpc) is 2.59. The van der Waals surface area contributed by atoms with Crippen LogP contribution in [0.5, 0.6) is 0 Å². The smallest absolute Gasteiger partial charge is 0.400 e. The summed E-state index contributed by atoms with van der Waals surface area (Å²) in [5, 5.41) is 0.806. The lowest BCUT2D eigenvalue weighted by Gasteiger charge is -2.47. The number of alkyl halides is 3. The van der Waals surface area contributed by atoms with E-state index in [0.717, 1.165) is 23.6 Å². The van der Waals surface area contributed by atoms with Crippen LogP contribution in [0.25, 0.3) is 0 Å². The van der Waals surface area contributed by atoms with E-state index in [-0.39, 0.29) is 22.3 Å². The Kier molecular flexibility index (Phi) is 5.95. The van der Waals surface area contributed by atoms with Gasteiger partial charge >= 0.3 is 6.18 Å². The molecule has 0 spiro atoms. The third-order valence-electron chi connectivity index (χ3n) is 5.51. The van der Waals surface area contributed by atoms with Crippen molar-refractivity contribution >= 4 is 25.1 Å². The van der Waals surface area contributed by atoms with Gasteiger partial charge < -0.3 is 4.43 Å². The van der Waals surface area contributed by atoms with Crippen LogP contribution < -0.4 is 5.19 Å². The van der Waals surface area contributed by atoms with Crippen molar-refractivity contribution in [3.8, 4) is 0 Å². The first-order chi connectivity index (χ1) is 13.0. The standard InChI is InChI=1S/C21H25ClF3NOSi/c1-20(2,3)28(13-7-9-15-8-4-5-11-17(15)28)27-18(21(23,24)25)14-16-10-6-12-19(22)26-16/h4-6,8,10-12,18H,7,9,13-14H2,1-3H3/t18-,28+/m1/s1. The van der Waals surface area contributed by atoms with E-state index in [1.54, 1.807) is 18.2 Å². The Morgan fingerprint density at radius 2 is 1.82 bits per heavy atom. The number of fused-ring (bicyclic) bond motifs is 1. The first kappa shape index (κ1) is 21.3. The summed E-state index contributed by atoms with van der Waals surface area (Å²) >= 11 is 5.88. The molecule has 2 atom stereocenters. The highest BCUT2D eigenvalue weighted by molar-refractivity contribution is 6.89. The summed E-state index contributed by atoms with van der Waals surface area (Å²) in [6.45, 7) is 6.02. The molecule has 1 aromatic heterocycles. The Labute approximate surface area is 170 Å². The minimum atomic E-state index is -4.48. The number of hydrogen-bond donors (Lipinski definition) is 0. The molecule has 2 aromatic rings. The van der Waals surface area contributed by atoms with Gasteiger partial charge in [0.05, 0.1) is 0 Å². The van der Waals surface area contributed by atoms with Gasteiger partial charge in [0.2, 0.25) is 8.32 Å². The van der Waals surface area contributed by atoms with Crippen molar-refractivity contribution in [2.45, 2.75) is 63.4 Å². The average molecular weight is 428 g/mol. The number of hydrogen-bond acceptors (Lipinski definition) is 2. The second kappa shape index (κ2) is 7.80. The molecule has 2 heterocycles. The van der Waals surface area contributed by atoms with Crippen molar-refractivity contribution in [1.82, 2.24) is 4.98 Å². The zero-order valence-electron chi connectivity index (χ0n) is 16.3. The van der Waals surface area contributed by atoms with Gasteiger partial charge in [-0.05, 0) is 46.8 Å². The number of aryl methyl sites for hydroxylation is 1. The lowest BCUT2D eigenvalue weighted by molar-refractivity contribution is -0.198. The van der Waals surface area contributed by atoms with Crippen LogP contribution in [0.1, 0.15) is 38.4 Å². The fourth-order valence-corrected chi connectivity index (χ4v) is 9.17. The van der Waals surface area contributed by atoms with E-state index in [4.69, 9.17) is 16.0 Å². The Morgan fingerprint density at radius 3 is 2.46 bits per heavy atom. The van der Waals surface area contributed by atoms with Gasteiger partial charge in [-0.2, -0.15) is 13.2 Å². The summed E-state index contributed by atoms with van der Waals surface area (Å²) in [6, 6.07) is 13.3. The van der Waals surface area contributed by atoms with Gasteiger partial charge in [0.25, 0.3) is 0 Å². The van der Waals surface area contributed by atoms with Crippen LogP contribution in [0.4, 0.5) is 13.2 Å². The Hall–Kier alpha value is -1.37. The molecule has 2 nitrogen and oxygen atoms in total. The molecule has 0 unspecified atom stereocenters. The Balaban J connectivity index is 2.04. The summed E-state index contributed by atoms with van der Waals surface area (Å²) < 4.78 is 48.3. The molecule has 1 aromatic carbocycles. The summed E-state index contributed by atoms with van der Waals surface area (Å²) in [4.78, 5) is 4.05. The van der Waals surface area contributed by atoms with Crippen molar-refractivity contribution in [3.05, 3.63) is 58.9 Å². The van der Waals surface area contributed by atoms with E-state index in [0.29, 0.717) is 6.04 Å². The lowest BCUT2D eigenvalue weighted by atomic mass is 10.1. The highest BCUT2D eigenvalue weighted by Gasteiger charge is 2.55. The maximum absolute atomic E-state index is 14.0. The highest BCUT2D eigenvalue weighted by Crippen LogP contribution is 2.45. The number of rotatable bonds is 4. The minimum absolute atomic E-state index is 0.184. The van der Waals surface area contributed by atoms with Gasteiger partial charge in [0.1, 0.15) is 11.3 Å². The summed E-state index contributed by atoms with van der Waals surface area (Å²) in [5.41, 5.74) is 1.41. The van der Waals surface area contributed by atoms with Gasteiger partial charge in [-0.25, -0.2) is 4.98 Å². The highest BCUT2D eigenvalue weighted by atomic mass is 35.5. The zero-order chi connectivity index (χ0) is 20.6. The van der Waals surface area contributed by atoms with Crippen molar-refractivity contribution in [3.63, 3.8) is 0 Å². The van der Waals surface area contributed by atoms with E-state index < -0.39 is 20.6 Å². The number of aromatic nitrogens is 1. The fraction of sp³-hybridized carbons (Fsp3) is 0.476. The van der Waals surface area contributed by atoms with Crippen LogP contribution in [-0.2, 0) is 17.3 Å². The monoisotopic (exact) mass is 427 g/mol. The molecule has 0 aliphatic carbocycles. The molecule has 1 aliphatic heterocycles. The van der Waals surface area contributed by atoms with Gasteiger partial charge in [-0.1, -0.05) is 62.7 Å². The quantitative estimate of drug-likeness (QED) is 0.452. The summed E-state index contributed by atoms with van der Waals surface area (Å²) in [5.74, 6) is 0. The predicted molar refractivity (Wildman–Crippen MR) is 109 cm³/mol. The SMILES string of the molecule is CC(C)(C)[Si@]1(O[C@H](Cc2cccc(Cl)n2)C(F)(F)F)CCCc2ccccc21. The topological polar surface area (TPSA) is 22.1 Å². The molecular formula is C21H25ClF3NOSi. The van der Waals surface area contributed by atoms with Crippen molar-refractivity contribution in [1.29, 1.82) is 0 Å². The van der Waals surface area contributed by atoms with Crippen LogP contribution >= 0.6 is 11.6 Å². The second-order valence-electron chi connectivity index (χ2n) is 8.39. The summed E-state index contributed by atoms with van der Waals surface area (Å²) in [7, 11) is -2.93. The minimum Gasteiger partial charge on any atom is -0.400 e. The Morgan fingerprint density at radius 1 is 1.11 bits per heavy atom. The van der Waals surface area contributed by atoms with Crippen molar-refractivity contribution in [2.24, 2.45) is 0 Å². The molecule has 0 fully saturated rings. The third kappa shape index (κ3) is 4.29. The van der Waals surface area contributed by atoms with E-state index in [2.05, 4.69) is 4.98 Å². The van der Waals surface area contributed by atoms with Crippen LogP contribution in [0.2, 0.25) is 16.2 Å². The maximum atomic E-state index is 14.0. The van der Waals surface area contributed by atoms with Crippen LogP contribution in [0, 0.1) is 0 Å². The molecule has 28 heavy (non-hydrogen) atoms. The van der Waals surface area contributed by atoms with E-state index in [1.807, 2.05) is 45.0 Å². The lowest BCUT2D eigenvalue weighted by Crippen LogP contribution is -2.63. The van der Waals surface area contributed by atoms with Crippen LogP contribution in [-0.4, -0.2) is 25.6 Å². The normalized spacial score (nSPS) is 21.2. The van der Waals surface area contributed by atoms with E-state index >= 15 is 0 Å². The number of halogens is 4. The van der Waals surface area contributed by atoms with Gasteiger partial charge in [0, 0.05) is 12.1 Å². The van der Waals surface area contributed by atoms with Crippen molar-refractivity contribution in [2.75, 3.05) is 0 Å². The molecule has 0 amide bonds. The zero-order valence-corrected chi connectivity index (χ0v) is 18.1. The first-order valence-electron chi connectivity index (χ1n) is 9.47. The largest absolute Gasteiger partial charge is 0.413 e. The summed E-state index contributed by atoms with van der Waals surface area (Å²) in [6.07, 6.45) is -4.99. The molecule has 0 bridgehead atoms. The molecule has 0 radical (unpaired) electrons. The molecule has 7 heteroatoms. The van der Waals surface area contributed by atoms with Gasteiger partial charge in [-0.15, -0.1) is 0 Å². The Bertz CT molecular complexity index is 837. The van der Waals surface area contributed by atoms with Crippen LogP contribution in [0.15, 0.2) is 42.5 Å². The maximum Gasteiger partial charge on any atom is 0.413 e. The van der Waals surface area contributed by atoms with Gasteiger partial charge in [-0.3, -0.25) is 0 Å². The molecule has 0 saturated heterocycles.